The molecule has 0 aliphatic carbocycles. The number of carboxylic acid groups (broad SMARTS) is 1. The summed E-state index contributed by atoms with van der Waals surface area (Å²) in [6.07, 6.45) is 3.29. The summed E-state index contributed by atoms with van der Waals surface area (Å²) in [5, 5.41) is 10.6. The second kappa shape index (κ2) is 3.62. The summed E-state index contributed by atoms with van der Waals surface area (Å²) in [6.45, 7) is 1.93. The van der Waals surface area contributed by atoms with E-state index >= 15 is 0 Å². The van der Waals surface area contributed by atoms with Gasteiger partial charge in [-0.25, -0.2) is 4.79 Å². The molecule has 0 fully saturated rings. The number of aromatic nitrogens is 1. The predicted octanol–water partition coefficient (Wildman–Crippen LogP) is 3.00. The molecule has 1 aromatic heterocycles. The number of fused-ring (bicyclic) bond motifs is 1. The van der Waals surface area contributed by atoms with E-state index in [1.165, 1.54) is 0 Å². The van der Waals surface area contributed by atoms with Gasteiger partial charge in [-0.3, -0.25) is 4.98 Å². The topological polar surface area (TPSA) is 50.2 Å². The molecule has 0 radical (unpaired) electrons. The molecule has 0 aliphatic heterocycles. The SMILES string of the molecule is Cc1ccc(C(=O)O)c2c(Br)cncc12. The van der Waals surface area contributed by atoms with Crippen LogP contribution in [0.5, 0.6) is 0 Å². The molecule has 1 N–H and O–H groups in total. The monoisotopic (exact) mass is 265 g/mol. The average Bonchev–Trinajstić information content (AvgIpc) is 2.19. The summed E-state index contributed by atoms with van der Waals surface area (Å²) in [7, 11) is 0. The number of hydrogen-bond donors (Lipinski definition) is 1. The van der Waals surface area contributed by atoms with Crippen LogP contribution in [-0.2, 0) is 0 Å². The lowest BCUT2D eigenvalue weighted by molar-refractivity contribution is 0.0699. The fourth-order valence-electron chi connectivity index (χ4n) is 1.57. The molecule has 0 aliphatic rings. The summed E-state index contributed by atoms with van der Waals surface area (Å²) < 4.78 is 0.709. The molecule has 0 amide bonds. The van der Waals surface area contributed by atoms with Crippen molar-refractivity contribution in [2.45, 2.75) is 6.92 Å². The lowest BCUT2D eigenvalue weighted by Gasteiger charge is -2.06. The number of carboxylic acids is 1. The van der Waals surface area contributed by atoms with Crippen LogP contribution in [-0.4, -0.2) is 16.1 Å². The Labute approximate surface area is 94.9 Å². The normalized spacial score (nSPS) is 10.5. The average molecular weight is 266 g/mol. The highest BCUT2D eigenvalue weighted by atomic mass is 79.9. The highest BCUT2D eigenvalue weighted by Crippen LogP contribution is 2.28. The van der Waals surface area contributed by atoms with Crippen molar-refractivity contribution in [2.75, 3.05) is 0 Å². The molecule has 0 spiro atoms. The van der Waals surface area contributed by atoms with Crippen LogP contribution in [0.1, 0.15) is 15.9 Å². The fraction of sp³-hybridized carbons (Fsp3) is 0.0909. The Morgan fingerprint density at radius 2 is 2.13 bits per heavy atom. The van der Waals surface area contributed by atoms with E-state index in [-0.39, 0.29) is 0 Å². The van der Waals surface area contributed by atoms with Crippen molar-refractivity contribution in [1.29, 1.82) is 0 Å². The number of nitrogens with zero attached hydrogens (tertiary/aromatic N) is 1. The Morgan fingerprint density at radius 3 is 2.80 bits per heavy atom. The van der Waals surface area contributed by atoms with Crippen LogP contribution in [0, 0.1) is 6.92 Å². The van der Waals surface area contributed by atoms with E-state index in [0.717, 1.165) is 10.9 Å². The quantitative estimate of drug-likeness (QED) is 0.863. The van der Waals surface area contributed by atoms with Gasteiger partial charge in [0.05, 0.1) is 5.56 Å². The van der Waals surface area contributed by atoms with Crippen LogP contribution >= 0.6 is 15.9 Å². The smallest absolute Gasteiger partial charge is 0.336 e. The van der Waals surface area contributed by atoms with E-state index in [1.54, 1.807) is 24.5 Å². The van der Waals surface area contributed by atoms with Crippen LogP contribution in [0.25, 0.3) is 10.8 Å². The van der Waals surface area contributed by atoms with E-state index in [4.69, 9.17) is 5.11 Å². The lowest BCUT2D eigenvalue weighted by atomic mass is 10.0. The van der Waals surface area contributed by atoms with Crippen LogP contribution in [0.3, 0.4) is 0 Å². The number of aromatic carboxylic acids is 1. The third-order valence-electron chi connectivity index (χ3n) is 2.32. The zero-order valence-corrected chi connectivity index (χ0v) is 9.58. The van der Waals surface area contributed by atoms with Gasteiger partial charge in [0.15, 0.2) is 0 Å². The van der Waals surface area contributed by atoms with E-state index in [2.05, 4.69) is 20.9 Å². The van der Waals surface area contributed by atoms with Crippen molar-refractivity contribution in [1.82, 2.24) is 4.98 Å². The Hall–Kier alpha value is -1.42. The molecular formula is C11H8BrNO2. The van der Waals surface area contributed by atoms with E-state index in [0.29, 0.717) is 15.4 Å². The van der Waals surface area contributed by atoms with Crippen LogP contribution in [0.2, 0.25) is 0 Å². The van der Waals surface area contributed by atoms with Gasteiger partial charge in [0.1, 0.15) is 0 Å². The number of hydrogen-bond acceptors (Lipinski definition) is 2. The minimum Gasteiger partial charge on any atom is -0.478 e. The van der Waals surface area contributed by atoms with Crippen molar-refractivity contribution in [3.63, 3.8) is 0 Å². The number of pyridine rings is 1. The molecule has 76 valence electrons. The third kappa shape index (κ3) is 1.61. The predicted molar refractivity (Wildman–Crippen MR) is 61.1 cm³/mol. The maximum absolute atomic E-state index is 11.0. The first kappa shape index (κ1) is 10.1. The second-order valence-corrected chi connectivity index (χ2v) is 4.13. The zero-order chi connectivity index (χ0) is 11.0. The standard InChI is InChI=1S/C11H8BrNO2/c1-6-2-3-7(11(14)15)10-8(6)4-13-5-9(10)12/h2-5H,1H3,(H,14,15). The molecule has 2 rings (SSSR count). The summed E-state index contributed by atoms with van der Waals surface area (Å²) in [6, 6.07) is 3.41. The number of aryl methyl sites for hydroxylation is 1. The van der Waals surface area contributed by atoms with E-state index < -0.39 is 5.97 Å². The molecule has 4 heteroatoms. The Bertz CT molecular complexity index is 552. The van der Waals surface area contributed by atoms with Gasteiger partial charge in [-0.15, -0.1) is 0 Å². The Morgan fingerprint density at radius 1 is 1.40 bits per heavy atom. The highest BCUT2D eigenvalue weighted by molar-refractivity contribution is 9.10. The van der Waals surface area contributed by atoms with Crippen molar-refractivity contribution in [3.8, 4) is 0 Å². The summed E-state index contributed by atoms with van der Waals surface area (Å²) in [4.78, 5) is 15.1. The summed E-state index contributed by atoms with van der Waals surface area (Å²) in [5.74, 6) is -0.924. The molecule has 0 atom stereocenters. The van der Waals surface area contributed by atoms with Gasteiger partial charge in [0, 0.05) is 27.6 Å². The van der Waals surface area contributed by atoms with E-state index in [9.17, 15) is 4.79 Å². The fourth-order valence-corrected chi connectivity index (χ4v) is 2.11. The van der Waals surface area contributed by atoms with Gasteiger partial charge < -0.3 is 5.11 Å². The first-order valence-corrected chi connectivity index (χ1v) is 5.16. The van der Waals surface area contributed by atoms with Crippen molar-refractivity contribution < 1.29 is 9.90 Å². The van der Waals surface area contributed by atoms with Crippen molar-refractivity contribution in [2.24, 2.45) is 0 Å². The van der Waals surface area contributed by atoms with Gasteiger partial charge in [-0.2, -0.15) is 0 Å². The zero-order valence-electron chi connectivity index (χ0n) is 7.99. The highest BCUT2D eigenvalue weighted by Gasteiger charge is 2.12. The van der Waals surface area contributed by atoms with Crippen molar-refractivity contribution in [3.05, 3.63) is 40.1 Å². The van der Waals surface area contributed by atoms with Gasteiger partial charge in [0.25, 0.3) is 0 Å². The molecule has 15 heavy (non-hydrogen) atoms. The molecule has 0 unspecified atom stereocenters. The molecule has 1 heterocycles. The minimum absolute atomic E-state index is 0.296. The van der Waals surface area contributed by atoms with E-state index in [1.807, 2.05) is 6.92 Å². The minimum atomic E-state index is -0.924. The number of halogens is 1. The lowest BCUT2D eigenvalue weighted by Crippen LogP contribution is -1.99. The molecule has 3 nitrogen and oxygen atoms in total. The molecule has 2 aromatic rings. The summed E-state index contributed by atoms with van der Waals surface area (Å²) in [5.41, 5.74) is 1.31. The molecule has 0 saturated heterocycles. The first-order valence-electron chi connectivity index (χ1n) is 4.37. The van der Waals surface area contributed by atoms with Gasteiger partial charge >= 0.3 is 5.97 Å². The second-order valence-electron chi connectivity index (χ2n) is 3.28. The molecule has 1 aromatic carbocycles. The Balaban J connectivity index is 2.96. The van der Waals surface area contributed by atoms with Crippen molar-refractivity contribution >= 4 is 32.7 Å². The van der Waals surface area contributed by atoms with Gasteiger partial charge in [-0.05, 0) is 34.5 Å². The largest absolute Gasteiger partial charge is 0.478 e. The molecule has 0 bridgehead atoms. The van der Waals surface area contributed by atoms with Gasteiger partial charge in [0.2, 0.25) is 0 Å². The molecular weight excluding hydrogens is 258 g/mol. The maximum atomic E-state index is 11.0. The van der Waals surface area contributed by atoms with Crippen LogP contribution in [0.15, 0.2) is 29.0 Å². The maximum Gasteiger partial charge on any atom is 0.336 e. The Kier molecular flexibility index (Phi) is 2.44. The number of benzene rings is 1. The van der Waals surface area contributed by atoms with Gasteiger partial charge in [-0.1, -0.05) is 6.07 Å². The first-order chi connectivity index (χ1) is 7.11. The van der Waals surface area contributed by atoms with Crippen LogP contribution < -0.4 is 0 Å². The summed E-state index contributed by atoms with van der Waals surface area (Å²) >= 11 is 3.32. The third-order valence-corrected chi connectivity index (χ3v) is 2.93. The number of rotatable bonds is 1. The number of carbonyl (C=O) groups is 1. The van der Waals surface area contributed by atoms with Crippen LogP contribution in [0.4, 0.5) is 0 Å². The molecule has 0 saturated carbocycles.